The second-order valence-corrected chi connectivity index (χ2v) is 8.86. The lowest BCUT2D eigenvalue weighted by molar-refractivity contribution is 0.190. The van der Waals surface area contributed by atoms with Crippen LogP contribution in [0.2, 0.25) is 0 Å². The van der Waals surface area contributed by atoms with E-state index >= 15 is 0 Å². The number of aromatic nitrogens is 1. The number of rotatable bonds is 2. The number of hydrogen-bond acceptors (Lipinski definition) is 2. The first-order valence-electron chi connectivity index (χ1n) is 9.46. The lowest BCUT2D eigenvalue weighted by Gasteiger charge is -2.39. The van der Waals surface area contributed by atoms with Gasteiger partial charge in [-0.3, -0.25) is 14.3 Å². The Hall–Kier alpha value is -1.92. The maximum Gasteiger partial charge on any atom is 0.255 e. The summed E-state index contributed by atoms with van der Waals surface area (Å²) in [5.74, 6) is 0. The zero-order valence-electron chi connectivity index (χ0n) is 15.1. The molecule has 4 heterocycles. The minimum Gasteiger partial charge on any atom is -0.299 e. The molecule has 0 aliphatic carbocycles. The van der Waals surface area contributed by atoms with Gasteiger partial charge in [0.05, 0.1) is 0 Å². The molecule has 1 saturated heterocycles. The van der Waals surface area contributed by atoms with E-state index in [1.807, 2.05) is 12.3 Å². The van der Waals surface area contributed by atoms with Crippen LogP contribution in [0, 0.1) is 3.57 Å². The average molecular weight is 468 g/mol. The molecule has 1 fully saturated rings. The molecule has 0 saturated carbocycles. The van der Waals surface area contributed by atoms with Crippen LogP contribution < -0.4 is 5.56 Å². The number of hydrogen-bond donors (Lipinski definition) is 0. The van der Waals surface area contributed by atoms with Crippen molar-refractivity contribution in [1.82, 2.24) is 9.47 Å². The van der Waals surface area contributed by atoms with Crippen molar-refractivity contribution >= 4 is 22.6 Å². The van der Waals surface area contributed by atoms with Gasteiger partial charge in [0, 0.05) is 33.5 Å². The van der Waals surface area contributed by atoms with Gasteiger partial charge in [0.1, 0.15) is 0 Å². The van der Waals surface area contributed by atoms with E-state index in [1.165, 1.54) is 20.3 Å². The van der Waals surface area contributed by atoms with Crippen LogP contribution in [0.15, 0.2) is 71.7 Å². The highest BCUT2D eigenvalue weighted by Gasteiger charge is 2.42. The first-order valence-corrected chi connectivity index (χ1v) is 10.5. The zero-order valence-corrected chi connectivity index (χ0v) is 17.2. The van der Waals surface area contributed by atoms with Gasteiger partial charge >= 0.3 is 0 Å². The Morgan fingerprint density at radius 3 is 2.44 bits per heavy atom. The second-order valence-electron chi connectivity index (χ2n) is 7.62. The van der Waals surface area contributed by atoms with Crippen LogP contribution in [0.4, 0.5) is 0 Å². The van der Waals surface area contributed by atoms with Crippen molar-refractivity contribution in [3.05, 3.63) is 97.5 Å². The van der Waals surface area contributed by atoms with Gasteiger partial charge in [0.2, 0.25) is 0 Å². The Labute approximate surface area is 172 Å². The van der Waals surface area contributed by atoms with Crippen LogP contribution >= 0.6 is 22.6 Å². The third kappa shape index (κ3) is 2.86. The fraction of sp³-hybridized carbons (Fsp3) is 0.261. The van der Waals surface area contributed by atoms with Crippen LogP contribution in [0.25, 0.3) is 5.69 Å². The van der Waals surface area contributed by atoms with Crippen LogP contribution in [0.3, 0.4) is 0 Å². The van der Waals surface area contributed by atoms with Crippen molar-refractivity contribution in [2.75, 3.05) is 13.1 Å². The summed E-state index contributed by atoms with van der Waals surface area (Å²) < 4.78 is 3.01. The molecular weight excluding hydrogens is 447 g/mol. The maximum absolute atomic E-state index is 12.3. The Morgan fingerprint density at radius 1 is 0.926 bits per heavy atom. The van der Waals surface area contributed by atoms with Crippen molar-refractivity contribution in [1.29, 1.82) is 0 Å². The van der Waals surface area contributed by atoms with E-state index in [4.69, 9.17) is 0 Å². The van der Waals surface area contributed by atoms with Crippen LogP contribution in [0.1, 0.15) is 29.5 Å². The Kier molecular flexibility index (Phi) is 4.20. The number of nitrogens with zero attached hydrogens (tertiary/aromatic N) is 2. The minimum absolute atomic E-state index is 0.0155. The fourth-order valence-electron chi connectivity index (χ4n) is 4.78. The number of fused-ring (bicyclic) bond motifs is 2. The molecule has 0 atom stereocenters. The van der Waals surface area contributed by atoms with Gasteiger partial charge in [-0.1, -0.05) is 24.3 Å². The monoisotopic (exact) mass is 468 g/mol. The molecule has 0 N–H and O–H groups in total. The standard InChI is InChI=1S/C23H21IN2O/c24-19-6-4-18(5-7-19)23-10-13-25(14-11-23)16-17-15-20(8-9-21(17)23)26-12-2-1-3-22(26)27/h1-9,12,15H,10-11,13-14,16H2. The second kappa shape index (κ2) is 6.60. The quantitative estimate of drug-likeness (QED) is 0.523. The highest BCUT2D eigenvalue weighted by atomic mass is 127. The van der Waals surface area contributed by atoms with Crippen LogP contribution in [0.5, 0.6) is 0 Å². The average Bonchev–Trinajstić information content (AvgIpc) is 2.95. The Morgan fingerprint density at radius 2 is 1.70 bits per heavy atom. The normalized spacial score (nSPS) is 23.7. The topological polar surface area (TPSA) is 25.2 Å². The summed E-state index contributed by atoms with van der Waals surface area (Å²) in [6, 6.07) is 21.0. The predicted molar refractivity (Wildman–Crippen MR) is 116 cm³/mol. The molecule has 0 amide bonds. The molecule has 136 valence electrons. The summed E-state index contributed by atoms with van der Waals surface area (Å²) in [5, 5.41) is 0. The van der Waals surface area contributed by atoms with Gasteiger partial charge in [-0.2, -0.15) is 0 Å². The molecule has 27 heavy (non-hydrogen) atoms. The van der Waals surface area contributed by atoms with E-state index in [0.717, 1.165) is 38.2 Å². The van der Waals surface area contributed by atoms with Crippen molar-refractivity contribution in [3.63, 3.8) is 0 Å². The number of halogens is 1. The fourth-order valence-corrected chi connectivity index (χ4v) is 5.14. The summed E-state index contributed by atoms with van der Waals surface area (Å²) in [7, 11) is 0. The van der Waals surface area contributed by atoms with Crippen molar-refractivity contribution in [2.45, 2.75) is 24.8 Å². The molecule has 6 rings (SSSR count). The molecule has 0 radical (unpaired) electrons. The maximum atomic E-state index is 12.3. The summed E-state index contributed by atoms with van der Waals surface area (Å²) in [6.07, 6.45) is 4.17. The summed E-state index contributed by atoms with van der Waals surface area (Å²) in [5.41, 5.74) is 5.29. The van der Waals surface area contributed by atoms with Gasteiger partial charge in [-0.05, 0) is 95.5 Å². The molecule has 2 aromatic carbocycles. The van der Waals surface area contributed by atoms with Gasteiger partial charge in [-0.25, -0.2) is 0 Å². The lowest BCUT2D eigenvalue weighted by Crippen LogP contribution is -2.39. The van der Waals surface area contributed by atoms with Crippen molar-refractivity contribution in [3.8, 4) is 5.69 Å². The van der Waals surface area contributed by atoms with Gasteiger partial charge in [0.25, 0.3) is 5.56 Å². The van der Waals surface area contributed by atoms with Crippen LogP contribution in [-0.2, 0) is 12.0 Å². The number of benzene rings is 2. The largest absolute Gasteiger partial charge is 0.299 e. The molecule has 3 aromatic rings. The van der Waals surface area contributed by atoms with E-state index in [1.54, 1.807) is 16.7 Å². The molecule has 4 heteroatoms. The molecular formula is C23H21IN2O. The highest BCUT2D eigenvalue weighted by Crippen LogP contribution is 2.46. The van der Waals surface area contributed by atoms with Crippen molar-refractivity contribution in [2.24, 2.45) is 0 Å². The number of pyridine rings is 1. The molecule has 0 spiro atoms. The molecule has 3 aliphatic rings. The SMILES string of the molecule is O=c1ccccn1-c1ccc2c(c1)CN1CCC2(c2ccc(I)cc2)CC1. The molecule has 2 bridgehead atoms. The molecule has 3 aliphatic heterocycles. The first kappa shape index (κ1) is 17.2. The number of piperidine rings is 1. The summed E-state index contributed by atoms with van der Waals surface area (Å²) in [6.45, 7) is 3.22. The molecule has 0 unspecified atom stereocenters. The van der Waals surface area contributed by atoms with Crippen molar-refractivity contribution < 1.29 is 0 Å². The first-order chi connectivity index (χ1) is 13.2. The lowest BCUT2D eigenvalue weighted by atomic mass is 9.68. The third-order valence-corrected chi connectivity index (χ3v) is 6.92. The van der Waals surface area contributed by atoms with E-state index in [2.05, 4.69) is 70.0 Å². The van der Waals surface area contributed by atoms with E-state index in [9.17, 15) is 4.79 Å². The minimum atomic E-state index is 0.0155. The Balaban J connectivity index is 1.68. The highest BCUT2D eigenvalue weighted by molar-refractivity contribution is 14.1. The van der Waals surface area contributed by atoms with E-state index in [0.29, 0.717) is 0 Å². The summed E-state index contributed by atoms with van der Waals surface area (Å²) in [4.78, 5) is 14.8. The molecule has 1 aromatic heterocycles. The Bertz CT molecular complexity index is 1050. The zero-order chi connectivity index (χ0) is 18.4. The van der Waals surface area contributed by atoms with E-state index < -0.39 is 0 Å². The predicted octanol–water partition coefficient (Wildman–Crippen LogP) is 4.34. The molecule has 3 nitrogen and oxygen atoms in total. The smallest absolute Gasteiger partial charge is 0.255 e. The van der Waals surface area contributed by atoms with Gasteiger partial charge in [0.15, 0.2) is 0 Å². The summed E-state index contributed by atoms with van der Waals surface area (Å²) >= 11 is 2.37. The van der Waals surface area contributed by atoms with Gasteiger partial charge in [-0.15, -0.1) is 0 Å². The third-order valence-electron chi connectivity index (χ3n) is 6.21. The van der Waals surface area contributed by atoms with E-state index in [-0.39, 0.29) is 11.0 Å². The van der Waals surface area contributed by atoms with Crippen LogP contribution in [-0.4, -0.2) is 22.6 Å². The van der Waals surface area contributed by atoms with Gasteiger partial charge < -0.3 is 0 Å².